The molecule has 0 atom stereocenters. The third-order valence-corrected chi connectivity index (χ3v) is 2.68. The molecule has 1 aliphatic heterocycles. The van der Waals surface area contributed by atoms with E-state index in [2.05, 4.69) is 17.5 Å². The SMILES string of the molecule is C1=C(C2=CCCCN2)CCCC1. The highest BCUT2D eigenvalue weighted by Gasteiger charge is 2.09. The van der Waals surface area contributed by atoms with Crippen molar-refractivity contribution < 1.29 is 0 Å². The average Bonchev–Trinajstić information content (AvgIpc) is 2.21. The molecule has 0 amide bonds. The van der Waals surface area contributed by atoms with Crippen molar-refractivity contribution in [3.05, 3.63) is 23.4 Å². The van der Waals surface area contributed by atoms with Gasteiger partial charge in [0.2, 0.25) is 0 Å². The van der Waals surface area contributed by atoms with Crippen LogP contribution in [0.15, 0.2) is 23.4 Å². The van der Waals surface area contributed by atoms with Crippen LogP contribution in [0.3, 0.4) is 0 Å². The Morgan fingerprint density at radius 3 is 2.58 bits per heavy atom. The third-order valence-electron chi connectivity index (χ3n) is 2.68. The zero-order valence-corrected chi connectivity index (χ0v) is 7.60. The van der Waals surface area contributed by atoms with Crippen LogP contribution in [0.25, 0.3) is 0 Å². The van der Waals surface area contributed by atoms with Crippen molar-refractivity contribution in [2.75, 3.05) is 6.54 Å². The quantitative estimate of drug-likeness (QED) is 0.626. The topological polar surface area (TPSA) is 12.0 Å². The predicted molar refractivity (Wildman–Crippen MR) is 51.9 cm³/mol. The Labute approximate surface area is 74.5 Å². The van der Waals surface area contributed by atoms with Gasteiger partial charge in [0, 0.05) is 12.2 Å². The summed E-state index contributed by atoms with van der Waals surface area (Å²) in [6, 6.07) is 0. The molecule has 0 saturated carbocycles. The molecule has 0 bridgehead atoms. The standard InChI is InChI=1S/C11H17N/c1-2-6-10(7-3-1)11-8-4-5-9-12-11/h6,8,12H,1-5,7,9H2. The Morgan fingerprint density at radius 1 is 1.00 bits per heavy atom. The summed E-state index contributed by atoms with van der Waals surface area (Å²) >= 11 is 0. The Balaban J connectivity index is 2.06. The molecule has 1 heterocycles. The molecule has 1 aliphatic carbocycles. The van der Waals surface area contributed by atoms with E-state index in [1.807, 2.05) is 0 Å². The van der Waals surface area contributed by atoms with Gasteiger partial charge in [-0.2, -0.15) is 0 Å². The average molecular weight is 163 g/mol. The van der Waals surface area contributed by atoms with Gasteiger partial charge in [-0.3, -0.25) is 0 Å². The summed E-state index contributed by atoms with van der Waals surface area (Å²) in [7, 11) is 0. The number of allylic oxidation sites excluding steroid dienone is 3. The van der Waals surface area contributed by atoms with Crippen LogP contribution in [0, 0.1) is 0 Å². The van der Waals surface area contributed by atoms with Crippen LogP contribution in [-0.2, 0) is 0 Å². The second-order valence-corrected chi connectivity index (χ2v) is 3.66. The minimum Gasteiger partial charge on any atom is -0.385 e. The fourth-order valence-corrected chi connectivity index (χ4v) is 1.97. The van der Waals surface area contributed by atoms with E-state index in [1.54, 1.807) is 5.57 Å². The first kappa shape index (κ1) is 7.90. The van der Waals surface area contributed by atoms with Crippen LogP contribution in [0.4, 0.5) is 0 Å². The maximum absolute atomic E-state index is 3.48. The monoisotopic (exact) mass is 163 g/mol. The van der Waals surface area contributed by atoms with Crippen LogP contribution < -0.4 is 5.32 Å². The molecule has 1 N–H and O–H groups in total. The van der Waals surface area contributed by atoms with Gasteiger partial charge >= 0.3 is 0 Å². The van der Waals surface area contributed by atoms with Crippen LogP contribution in [0.2, 0.25) is 0 Å². The summed E-state index contributed by atoms with van der Waals surface area (Å²) in [4.78, 5) is 0. The number of hydrogen-bond acceptors (Lipinski definition) is 1. The Morgan fingerprint density at radius 2 is 1.92 bits per heavy atom. The van der Waals surface area contributed by atoms with Crippen molar-refractivity contribution >= 4 is 0 Å². The maximum Gasteiger partial charge on any atom is 0.0328 e. The van der Waals surface area contributed by atoms with Gasteiger partial charge in [0.15, 0.2) is 0 Å². The third kappa shape index (κ3) is 1.71. The Kier molecular flexibility index (Phi) is 2.50. The summed E-state index contributed by atoms with van der Waals surface area (Å²) in [5.41, 5.74) is 3.00. The minimum atomic E-state index is 1.17. The van der Waals surface area contributed by atoms with Crippen molar-refractivity contribution in [2.24, 2.45) is 0 Å². The lowest BCUT2D eigenvalue weighted by molar-refractivity contribution is 0.653. The molecule has 0 aromatic rings. The molecule has 0 aromatic heterocycles. The van der Waals surface area contributed by atoms with Crippen molar-refractivity contribution in [3.63, 3.8) is 0 Å². The van der Waals surface area contributed by atoms with Gasteiger partial charge < -0.3 is 5.32 Å². The van der Waals surface area contributed by atoms with Gasteiger partial charge in [0.1, 0.15) is 0 Å². The molecular formula is C11H17N. The normalized spacial score (nSPS) is 24.0. The number of rotatable bonds is 1. The molecule has 1 heteroatoms. The minimum absolute atomic E-state index is 1.17. The van der Waals surface area contributed by atoms with Crippen molar-refractivity contribution in [1.82, 2.24) is 5.32 Å². The van der Waals surface area contributed by atoms with Crippen molar-refractivity contribution in [3.8, 4) is 0 Å². The van der Waals surface area contributed by atoms with Gasteiger partial charge in [-0.05, 0) is 44.1 Å². The summed E-state index contributed by atoms with van der Waals surface area (Å²) in [6.45, 7) is 1.17. The molecular weight excluding hydrogens is 146 g/mol. The first-order valence-electron chi connectivity index (χ1n) is 5.10. The largest absolute Gasteiger partial charge is 0.385 e. The van der Waals surface area contributed by atoms with Crippen LogP contribution in [-0.4, -0.2) is 6.54 Å². The fourth-order valence-electron chi connectivity index (χ4n) is 1.97. The van der Waals surface area contributed by atoms with E-state index in [0.29, 0.717) is 0 Å². The molecule has 0 unspecified atom stereocenters. The first-order chi connectivity index (χ1) is 5.97. The molecule has 12 heavy (non-hydrogen) atoms. The molecule has 0 fully saturated rings. The summed E-state index contributed by atoms with van der Waals surface area (Å²) in [6.07, 6.45) is 12.7. The lowest BCUT2D eigenvalue weighted by Crippen LogP contribution is -2.20. The van der Waals surface area contributed by atoms with E-state index in [9.17, 15) is 0 Å². The molecule has 0 spiro atoms. The smallest absolute Gasteiger partial charge is 0.0328 e. The molecule has 1 nitrogen and oxygen atoms in total. The Hall–Kier alpha value is -0.720. The van der Waals surface area contributed by atoms with E-state index in [0.717, 1.165) is 0 Å². The van der Waals surface area contributed by atoms with E-state index in [-0.39, 0.29) is 0 Å². The highest BCUT2D eigenvalue weighted by molar-refractivity contribution is 5.31. The second-order valence-electron chi connectivity index (χ2n) is 3.66. The van der Waals surface area contributed by atoms with Crippen molar-refractivity contribution in [1.29, 1.82) is 0 Å². The van der Waals surface area contributed by atoms with Gasteiger partial charge in [0.25, 0.3) is 0 Å². The van der Waals surface area contributed by atoms with E-state index >= 15 is 0 Å². The van der Waals surface area contributed by atoms with Gasteiger partial charge in [-0.25, -0.2) is 0 Å². The van der Waals surface area contributed by atoms with Crippen LogP contribution in [0.1, 0.15) is 38.5 Å². The molecule has 66 valence electrons. The maximum atomic E-state index is 3.48. The van der Waals surface area contributed by atoms with Gasteiger partial charge in [0.05, 0.1) is 0 Å². The number of nitrogens with one attached hydrogen (secondary N) is 1. The van der Waals surface area contributed by atoms with E-state index in [1.165, 1.54) is 50.8 Å². The van der Waals surface area contributed by atoms with E-state index < -0.39 is 0 Å². The molecule has 2 aliphatic rings. The molecule has 0 aromatic carbocycles. The van der Waals surface area contributed by atoms with Gasteiger partial charge in [-0.15, -0.1) is 0 Å². The van der Waals surface area contributed by atoms with Gasteiger partial charge in [-0.1, -0.05) is 12.2 Å². The molecule has 0 radical (unpaired) electrons. The summed E-state index contributed by atoms with van der Waals surface area (Å²) < 4.78 is 0. The fraction of sp³-hybridized carbons (Fsp3) is 0.636. The molecule has 2 rings (SSSR count). The Bertz CT molecular complexity index is 189. The summed E-state index contributed by atoms with van der Waals surface area (Å²) in [5, 5.41) is 3.48. The lowest BCUT2D eigenvalue weighted by atomic mass is 9.95. The predicted octanol–water partition coefficient (Wildman–Crippen LogP) is 2.75. The zero-order chi connectivity index (χ0) is 8.23. The van der Waals surface area contributed by atoms with Crippen LogP contribution >= 0.6 is 0 Å². The zero-order valence-electron chi connectivity index (χ0n) is 7.60. The second kappa shape index (κ2) is 3.79. The highest BCUT2D eigenvalue weighted by Crippen LogP contribution is 2.23. The first-order valence-corrected chi connectivity index (χ1v) is 5.10. The lowest BCUT2D eigenvalue weighted by Gasteiger charge is -2.20. The number of hydrogen-bond donors (Lipinski definition) is 1. The highest BCUT2D eigenvalue weighted by atomic mass is 14.9. The van der Waals surface area contributed by atoms with Crippen molar-refractivity contribution in [2.45, 2.75) is 38.5 Å². The van der Waals surface area contributed by atoms with Crippen LogP contribution in [0.5, 0.6) is 0 Å². The molecule has 0 saturated heterocycles. The summed E-state index contributed by atoms with van der Waals surface area (Å²) in [5.74, 6) is 0. The van der Waals surface area contributed by atoms with E-state index in [4.69, 9.17) is 0 Å².